The molecule has 2 atom stereocenters. The molecule has 0 aromatic heterocycles. The molecule has 94 valence electrons. The van der Waals surface area contributed by atoms with E-state index in [4.69, 9.17) is 23.2 Å². The average Bonchev–Trinajstić information content (AvgIpc) is 2.33. The van der Waals surface area contributed by atoms with Gasteiger partial charge in [0.15, 0.2) is 0 Å². The van der Waals surface area contributed by atoms with Crippen molar-refractivity contribution in [1.29, 1.82) is 0 Å². The summed E-state index contributed by atoms with van der Waals surface area (Å²) in [7, 11) is 0. The fourth-order valence-electron chi connectivity index (χ4n) is 2.83. The van der Waals surface area contributed by atoms with Gasteiger partial charge in [0.25, 0.3) is 0 Å². The summed E-state index contributed by atoms with van der Waals surface area (Å²) in [6, 6.07) is 3.67. The molecule has 1 heterocycles. The van der Waals surface area contributed by atoms with Crippen LogP contribution in [0.15, 0.2) is 18.2 Å². The first-order valence-corrected chi connectivity index (χ1v) is 6.79. The van der Waals surface area contributed by atoms with Crippen molar-refractivity contribution in [2.24, 2.45) is 11.8 Å². The lowest BCUT2D eigenvalue weighted by Gasteiger charge is -2.35. The number of anilines is 1. The lowest BCUT2D eigenvalue weighted by atomic mass is 9.74. The quantitative estimate of drug-likeness (QED) is 0.778. The van der Waals surface area contributed by atoms with Crippen LogP contribution in [0.2, 0.25) is 10.0 Å². The lowest BCUT2D eigenvalue weighted by molar-refractivity contribution is -0.122. The molecule has 0 saturated carbocycles. The molecule has 0 saturated heterocycles. The van der Waals surface area contributed by atoms with Gasteiger partial charge in [-0.25, -0.2) is 0 Å². The number of hydrogen-bond donors (Lipinski definition) is 1. The van der Waals surface area contributed by atoms with Crippen LogP contribution in [0.5, 0.6) is 0 Å². The largest absolute Gasteiger partial charge is 0.383 e. The number of ketones is 1. The zero-order valence-corrected chi connectivity index (χ0v) is 11.5. The van der Waals surface area contributed by atoms with E-state index < -0.39 is 0 Å². The third-order valence-corrected chi connectivity index (χ3v) is 4.42. The Kier molecular flexibility index (Phi) is 2.87. The van der Waals surface area contributed by atoms with Gasteiger partial charge in [-0.2, -0.15) is 0 Å². The van der Waals surface area contributed by atoms with E-state index in [9.17, 15) is 4.79 Å². The van der Waals surface area contributed by atoms with Crippen LogP contribution in [0.1, 0.15) is 18.9 Å². The summed E-state index contributed by atoms with van der Waals surface area (Å²) in [4.78, 5) is 11.8. The Bertz CT molecular complexity index is 565. The van der Waals surface area contributed by atoms with Crippen LogP contribution in [0.25, 0.3) is 5.57 Å². The molecule has 2 nitrogen and oxygen atoms in total. The second-order valence-corrected chi connectivity index (χ2v) is 5.76. The maximum absolute atomic E-state index is 11.8. The van der Waals surface area contributed by atoms with Gasteiger partial charge in [-0.1, -0.05) is 36.2 Å². The molecule has 18 heavy (non-hydrogen) atoms. The predicted molar refractivity (Wildman–Crippen MR) is 75.2 cm³/mol. The standard InChI is InChI=1S/C14H13Cl2NO/c1-7-11-6-17-14-10(4-8(15)5-12(14)16)9(11)2-3-13(7)18/h2,4-5,7,11,17H,3,6H2,1H3. The topological polar surface area (TPSA) is 29.1 Å². The first-order chi connectivity index (χ1) is 8.58. The van der Waals surface area contributed by atoms with Gasteiger partial charge in [-0.15, -0.1) is 0 Å². The Morgan fingerprint density at radius 2 is 2.11 bits per heavy atom. The highest BCUT2D eigenvalue weighted by molar-refractivity contribution is 6.37. The number of nitrogens with one attached hydrogen (secondary N) is 1. The van der Waals surface area contributed by atoms with Gasteiger partial charge in [0.2, 0.25) is 0 Å². The minimum Gasteiger partial charge on any atom is -0.383 e. The van der Waals surface area contributed by atoms with Crippen LogP contribution in [0.4, 0.5) is 5.69 Å². The van der Waals surface area contributed by atoms with Crippen LogP contribution in [-0.4, -0.2) is 12.3 Å². The van der Waals surface area contributed by atoms with Gasteiger partial charge in [-0.05, 0) is 17.7 Å². The molecular formula is C14H13Cl2NO. The number of halogens is 2. The lowest BCUT2D eigenvalue weighted by Crippen LogP contribution is -2.34. The van der Waals surface area contributed by atoms with E-state index in [1.54, 1.807) is 6.07 Å². The molecule has 1 aliphatic heterocycles. The monoisotopic (exact) mass is 281 g/mol. The molecular weight excluding hydrogens is 269 g/mol. The summed E-state index contributed by atoms with van der Waals surface area (Å²) in [5.41, 5.74) is 3.19. The Balaban J connectivity index is 2.16. The molecule has 0 spiro atoms. The van der Waals surface area contributed by atoms with E-state index in [1.165, 1.54) is 5.57 Å². The minimum atomic E-state index is 0.0587. The fraction of sp³-hybridized carbons (Fsp3) is 0.357. The van der Waals surface area contributed by atoms with E-state index >= 15 is 0 Å². The third kappa shape index (κ3) is 1.75. The first-order valence-electron chi connectivity index (χ1n) is 6.04. The summed E-state index contributed by atoms with van der Waals surface area (Å²) >= 11 is 12.3. The molecule has 0 amide bonds. The molecule has 4 heteroatoms. The smallest absolute Gasteiger partial charge is 0.140 e. The number of hydrogen-bond acceptors (Lipinski definition) is 2. The van der Waals surface area contributed by atoms with E-state index in [0.29, 0.717) is 22.2 Å². The maximum atomic E-state index is 11.8. The van der Waals surface area contributed by atoms with Crippen molar-refractivity contribution in [3.05, 3.63) is 33.8 Å². The van der Waals surface area contributed by atoms with Gasteiger partial charge in [-0.3, -0.25) is 4.79 Å². The number of Topliss-reactive ketones (excluding diaryl/α,β-unsaturated/α-hetero) is 1. The van der Waals surface area contributed by atoms with E-state index in [0.717, 1.165) is 17.8 Å². The van der Waals surface area contributed by atoms with Gasteiger partial charge >= 0.3 is 0 Å². The summed E-state index contributed by atoms with van der Waals surface area (Å²) in [6.45, 7) is 2.76. The molecule has 0 radical (unpaired) electrons. The van der Waals surface area contributed by atoms with Crippen molar-refractivity contribution >= 4 is 40.2 Å². The molecule has 1 aliphatic carbocycles. The van der Waals surface area contributed by atoms with Gasteiger partial charge in [0.1, 0.15) is 5.78 Å². The summed E-state index contributed by atoms with van der Waals surface area (Å²) in [5, 5.41) is 4.60. The maximum Gasteiger partial charge on any atom is 0.140 e. The summed E-state index contributed by atoms with van der Waals surface area (Å²) < 4.78 is 0. The van der Waals surface area contributed by atoms with Crippen molar-refractivity contribution in [2.45, 2.75) is 13.3 Å². The molecule has 0 fully saturated rings. The third-order valence-electron chi connectivity index (χ3n) is 3.90. The van der Waals surface area contributed by atoms with E-state index in [1.807, 2.05) is 19.1 Å². The van der Waals surface area contributed by atoms with E-state index in [2.05, 4.69) is 5.32 Å². The van der Waals surface area contributed by atoms with Crippen LogP contribution in [0, 0.1) is 11.8 Å². The van der Waals surface area contributed by atoms with E-state index in [-0.39, 0.29) is 11.8 Å². The summed E-state index contributed by atoms with van der Waals surface area (Å²) in [5.74, 6) is 0.596. The number of allylic oxidation sites excluding steroid dienone is 1. The zero-order chi connectivity index (χ0) is 12.9. The van der Waals surface area contributed by atoms with Crippen molar-refractivity contribution < 1.29 is 4.79 Å². The number of benzene rings is 1. The average molecular weight is 282 g/mol. The molecule has 1 aromatic carbocycles. The second-order valence-electron chi connectivity index (χ2n) is 4.92. The highest BCUT2D eigenvalue weighted by atomic mass is 35.5. The van der Waals surface area contributed by atoms with Crippen molar-refractivity contribution in [3.8, 4) is 0 Å². The molecule has 0 bridgehead atoms. The van der Waals surface area contributed by atoms with Crippen LogP contribution >= 0.6 is 23.2 Å². The fourth-order valence-corrected chi connectivity index (χ4v) is 3.39. The SMILES string of the molecule is CC1C(=O)CC=C2c3cc(Cl)cc(Cl)c3NCC21. The predicted octanol–water partition coefficient (Wildman–Crippen LogP) is 4.03. The molecule has 2 aliphatic rings. The van der Waals surface area contributed by atoms with Crippen LogP contribution in [-0.2, 0) is 4.79 Å². The zero-order valence-electron chi connectivity index (χ0n) is 9.97. The highest BCUT2D eigenvalue weighted by Crippen LogP contribution is 2.45. The number of carbonyl (C=O) groups excluding carboxylic acids is 1. The van der Waals surface area contributed by atoms with Crippen LogP contribution < -0.4 is 5.32 Å². The van der Waals surface area contributed by atoms with Gasteiger partial charge in [0, 0.05) is 35.4 Å². The molecule has 1 aromatic rings. The van der Waals surface area contributed by atoms with Gasteiger partial charge < -0.3 is 5.32 Å². The molecule has 1 N–H and O–H groups in total. The Morgan fingerprint density at radius 3 is 2.89 bits per heavy atom. The summed E-state index contributed by atoms with van der Waals surface area (Å²) in [6.07, 6.45) is 2.54. The Labute approximate surface area is 116 Å². The van der Waals surface area contributed by atoms with Crippen LogP contribution in [0.3, 0.4) is 0 Å². The minimum absolute atomic E-state index is 0.0587. The van der Waals surface area contributed by atoms with Crippen molar-refractivity contribution in [2.75, 3.05) is 11.9 Å². The first kappa shape index (κ1) is 12.1. The number of fused-ring (bicyclic) bond motifs is 3. The number of rotatable bonds is 0. The highest BCUT2D eigenvalue weighted by Gasteiger charge is 2.35. The Morgan fingerprint density at radius 1 is 1.33 bits per heavy atom. The Hall–Kier alpha value is -0.990. The van der Waals surface area contributed by atoms with Crippen molar-refractivity contribution in [3.63, 3.8) is 0 Å². The van der Waals surface area contributed by atoms with Crippen molar-refractivity contribution in [1.82, 2.24) is 0 Å². The number of carbonyl (C=O) groups is 1. The molecule has 2 unspecified atom stereocenters. The second kappa shape index (κ2) is 4.29. The van der Waals surface area contributed by atoms with Gasteiger partial charge in [0.05, 0.1) is 10.7 Å². The normalized spacial score (nSPS) is 25.9. The molecule has 3 rings (SSSR count).